The molecule has 186 valence electrons. The van der Waals surface area contributed by atoms with Crippen molar-refractivity contribution in [3.05, 3.63) is 146 Å². The number of para-hydroxylation sites is 1. The summed E-state index contributed by atoms with van der Waals surface area (Å²) in [5.41, 5.74) is 7.71. The molecule has 0 N–H and O–H groups in total. The molecular weight excluding hydrogens is 484 g/mol. The molecule has 0 unspecified atom stereocenters. The molecule has 0 aliphatic carbocycles. The predicted octanol–water partition coefficient (Wildman–Crippen LogP) is 10.1. The van der Waals surface area contributed by atoms with Gasteiger partial charge in [-0.05, 0) is 85.4 Å². The van der Waals surface area contributed by atoms with Gasteiger partial charge in [-0.25, -0.2) is 0 Å². The first-order chi connectivity index (χ1) is 19.8. The normalized spacial score (nSPS) is 11.5. The number of hydrogen-bond donors (Lipinski definition) is 0. The van der Waals surface area contributed by atoms with Crippen LogP contribution in [0, 0.1) is 0 Å². The average Bonchev–Trinajstić information content (AvgIpc) is 3.03. The van der Waals surface area contributed by atoms with E-state index in [0.717, 1.165) is 33.3 Å². The van der Waals surface area contributed by atoms with E-state index in [4.69, 9.17) is 4.98 Å². The van der Waals surface area contributed by atoms with Crippen molar-refractivity contribution in [2.45, 2.75) is 0 Å². The van der Waals surface area contributed by atoms with Crippen LogP contribution >= 0.6 is 0 Å². The van der Waals surface area contributed by atoms with Crippen LogP contribution in [0.3, 0.4) is 0 Å². The Balaban J connectivity index is 1.24. The molecule has 8 rings (SSSR count). The van der Waals surface area contributed by atoms with Crippen molar-refractivity contribution in [2.75, 3.05) is 0 Å². The largest absolute Gasteiger partial charge is 0.256 e. The van der Waals surface area contributed by atoms with E-state index in [0.29, 0.717) is 0 Å². The van der Waals surface area contributed by atoms with Crippen LogP contribution in [-0.2, 0) is 0 Å². The van der Waals surface area contributed by atoms with Crippen LogP contribution in [0.4, 0.5) is 0 Å². The molecule has 2 heterocycles. The van der Waals surface area contributed by atoms with Crippen molar-refractivity contribution >= 4 is 43.2 Å². The summed E-state index contributed by atoms with van der Waals surface area (Å²) in [6.45, 7) is 0. The third-order valence-corrected chi connectivity index (χ3v) is 7.88. The Kier molecular flexibility index (Phi) is 5.17. The SMILES string of the molecule is c1ccc2cc(-c3c4ccccc4cc4cc(-c5ccc(-c6cnc7ccccc7c6)nc5)ccc34)ccc2c1. The Hall–Kier alpha value is -5.34. The van der Waals surface area contributed by atoms with Gasteiger partial charge in [-0.2, -0.15) is 0 Å². The van der Waals surface area contributed by atoms with Gasteiger partial charge in [0.25, 0.3) is 0 Å². The molecule has 2 heteroatoms. The van der Waals surface area contributed by atoms with Crippen LogP contribution in [-0.4, -0.2) is 9.97 Å². The van der Waals surface area contributed by atoms with E-state index in [1.54, 1.807) is 0 Å². The molecule has 0 fully saturated rings. The summed E-state index contributed by atoms with van der Waals surface area (Å²) in [6, 6.07) is 47.7. The van der Waals surface area contributed by atoms with Crippen molar-refractivity contribution < 1.29 is 0 Å². The van der Waals surface area contributed by atoms with E-state index in [-0.39, 0.29) is 0 Å². The van der Waals surface area contributed by atoms with Gasteiger partial charge in [-0.1, -0.05) is 97.1 Å². The lowest BCUT2D eigenvalue weighted by Gasteiger charge is -2.14. The Morgan fingerprint density at radius 3 is 1.88 bits per heavy atom. The first-order valence-electron chi connectivity index (χ1n) is 13.6. The molecule has 0 radical (unpaired) electrons. The monoisotopic (exact) mass is 508 g/mol. The summed E-state index contributed by atoms with van der Waals surface area (Å²) in [4.78, 5) is 9.42. The minimum Gasteiger partial charge on any atom is -0.256 e. The van der Waals surface area contributed by atoms with Gasteiger partial charge >= 0.3 is 0 Å². The van der Waals surface area contributed by atoms with Crippen LogP contribution in [0.1, 0.15) is 0 Å². The molecule has 8 aromatic rings. The molecule has 0 aliphatic heterocycles. The maximum Gasteiger partial charge on any atom is 0.0718 e. The molecule has 0 saturated carbocycles. The van der Waals surface area contributed by atoms with E-state index in [1.807, 2.05) is 30.6 Å². The topological polar surface area (TPSA) is 25.8 Å². The number of nitrogens with zero attached hydrogens (tertiary/aromatic N) is 2. The zero-order valence-electron chi connectivity index (χ0n) is 21.8. The number of benzene rings is 6. The van der Waals surface area contributed by atoms with E-state index < -0.39 is 0 Å². The summed E-state index contributed by atoms with van der Waals surface area (Å²) < 4.78 is 0. The van der Waals surface area contributed by atoms with E-state index in [9.17, 15) is 0 Å². The van der Waals surface area contributed by atoms with Gasteiger partial charge in [0, 0.05) is 28.9 Å². The molecule has 0 aliphatic rings. The minimum atomic E-state index is 0.923. The Morgan fingerprint density at radius 2 is 1.00 bits per heavy atom. The molecule has 0 saturated heterocycles. The lowest BCUT2D eigenvalue weighted by atomic mass is 9.90. The van der Waals surface area contributed by atoms with Gasteiger partial charge < -0.3 is 0 Å². The van der Waals surface area contributed by atoms with Gasteiger partial charge in [0.1, 0.15) is 0 Å². The molecular formula is C38H24N2. The first kappa shape index (κ1) is 22.6. The predicted molar refractivity (Wildman–Crippen MR) is 168 cm³/mol. The lowest BCUT2D eigenvalue weighted by molar-refractivity contribution is 1.31. The minimum absolute atomic E-state index is 0.923. The van der Waals surface area contributed by atoms with Crippen molar-refractivity contribution in [3.8, 4) is 33.5 Å². The van der Waals surface area contributed by atoms with Crippen molar-refractivity contribution in [1.82, 2.24) is 9.97 Å². The number of aromatic nitrogens is 2. The fourth-order valence-electron chi connectivity index (χ4n) is 5.85. The number of fused-ring (bicyclic) bond motifs is 4. The second kappa shape index (κ2) is 9.14. The number of rotatable bonds is 3. The highest BCUT2D eigenvalue weighted by Gasteiger charge is 2.12. The first-order valence-corrected chi connectivity index (χ1v) is 13.6. The van der Waals surface area contributed by atoms with E-state index in [1.165, 1.54) is 43.4 Å². The van der Waals surface area contributed by atoms with Crippen LogP contribution in [0.15, 0.2) is 146 Å². The summed E-state index contributed by atoms with van der Waals surface area (Å²) in [5, 5.41) is 8.63. The average molecular weight is 509 g/mol. The highest BCUT2D eigenvalue weighted by Crippen LogP contribution is 2.39. The molecule has 6 aromatic carbocycles. The maximum absolute atomic E-state index is 4.82. The molecule has 0 amide bonds. The third kappa shape index (κ3) is 3.81. The van der Waals surface area contributed by atoms with Crippen molar-refractivity contribution in [2.24, 2.45) is 0 Å². The van der Waals surface area contributed by atoms with Gasteiger partial charge in [-0.15, -0.1) is 0 Å². The summed E-state index contributed by atoms with van der Waals surface area (Å²) in [7, 11) is 0. The van der Waals surface area contributed by atoms with Gasteiger partial charge in [-0.3, -0.25) is 9.97 Å². The fourth-order valence-corrected chi connectivity index (χ4v) is 5.85. The Bertz CT molecular complexity index is 2210. The standard InChI is InChI=1S/C38H24N2/c1-2-8-26-19-30(14-13-25(26)7-1)38-34-11-5-3-9-28(34)21-32-20-27(15-17-35(32)38)31-16-18-37(39-23-31)33-22-29-10-4-6-12-36(29)40-24-33/h1-24H. The van der Waals surface area contributed by atoms with Crippen LogP contribution < -0.4 is 0 Å². The lowest BCUT2D eigenvalue weighted by Crippen LogP contribution is -1.89. The van der Waals surface area contributed by atoms with Crippen LogP contribution in [0.2, 0.25) is 0 Å². The quantitative estimate of drug-likeness (QED) is 0.222. The van der Waals surface area contributed by atoms with Crippen molar-refractivity contribution in [3.63, 3.8) is 0 Å². The number of hydrogen-bond acceptors (Lipinski definition) is 2. The molecule has 2 aromatic heterocycles. The fraction of sp³-hybridized carbons (Fsp3) is 0. The summed E-state index contributed by atoms with van der Waals surface area (Å²) in [5.74, 6) is 0. The maximum atomic E-state index is 4.82. The van der Waals surface area contributed by atoms with Gasteiger partial charge in [0.05, 0.1) is 11.2 Å². The molecule has 0 spiro atoms. The molecule has 0 bridgehead atoms. The van der Waals surface area contributed by atoms with Gasteiger partial charge in [0.2, 0.25) is 0 Å². The zero-order chi connectivity index (χ0) is 26.5. The Labute approximate surface area is 232 Å². The molecule has 2 nitrogen and oxygen atoms in total. The zero-order valence-corrected chi connectivity index (χ0v) is 21.8. The third-order valence-electron chi connectivity index (χ3n) is 7.88. The van der Waals surface area contributed by atoms with E-state index in [2.05, 4.69) is 120 Å². The van der Waals surface area contributed by atoms with Crippen LogP contribution in [0.5, 0.6) is 0 Å². The van der Waals surface area contributed by atoms with Gasteiger partial charge in [0.15, 0.2) is 0 Å². The van der Waals surface area contributed by atoms with E-state index >= 15 is 0 Å². The second-order valence-corrected chi connectivity index (χ2v) is 10.3. The van der Waals surface area contributed by atoms with Crippen LogP contribution in [0.25, 0.3) is 76.7 Å². The summed E-state index contributed by atoms with van der Waals surface area (Å²) in [6.07, 6.45) is 3.87. The smallest absolute Gasteiger partial charge is 0.0718 e. The number of pyridine rings is 2. The summed E-state index contributed by atoms with van der Waals surface area (Å²) >= 11 is 0. The highest BCUT2D eigenvalue weighted by atomic mass is 14.7. The highest BCUT2D eigenvalue weighted by molar-refractivity contribution is 6.14. The van der Waals surface area contributed by atoms with Crippen molar-refractivity contribution in [1.29, 1.82) is 0 Å². The second-order valence-electron chi connectivity index (χ2n) is 10.3. The molecule has 0 atom stereocenters. The molecule has 40 heavy (non-hydrogen) atoms. The Morgan fingerprint density at radius 1 is 0.350 bits per heavy atom.